The predicted molar refractivity (Wildman–Crippen MR) is 126 cm³/mol. The molecule has 4 rings (SSSR count). The zero-order valence-corrected chi connectivity index (χ0v) is 20.3. The third-order valence-electron chi connectivity index (χ3n) is 7.06. The summed E-state index contributed by atoms with van der Waals surface area (Å²) in [6.07, 6.45) is -2.55. The molecule has 0 radical (unpaired) electrons. The van der Waals surface area contributed by atoms with Crippen LogP contribution in [-0.4, -0.2) is 103 Å². The molecule has 3 aliphatic rings. The summed E-state index contributed by atoms with van der Waals surface area (Å²) in [7, 11) is 0. The first kappa shape index (κ1) is 27.1. The summed E-state index contributed by atoms with van der Waals surface area (Å²) < 4.78 is 46.5. The maximum atomic E-state index is 13.6. The number of hydrogen-bond acceptors (Lipinski definition) is 9. The monoisotopic (exact) mass is 524 g/mol. The quantitative estimate of drug-likeness (QED) is 0.406. The van der Waals surface area contributed by atoms with Crippen LogP contribution in [-0.2, 0) is 14.3 Å². The molecule has 202 valence electrons. The summed E-state index contributed by atoms with van der Waals surface area (Å²) in [6.45, 7) is 2.74. The van der Waals surface area contributed by atoms with Gasteiger partial charge in [0, 0.05) is 63.6 Å². The minimum atomic E-state index is -4.68. The van der Waals surface area contributed by atoms with E-state index >= 15 is 0 Å². The molecule has 1 aromatic rings. The molecule has 3 aliphatic heterocycles. The Bertz CT molecular complexity index is 994. The molecule has 11 nitrogen and oxygen atoms in total. The lowest BCUT2D eigenvalue weighted by molar-refractivity contribution is -0.201. The van der Waals surface area contributed by atoms with Crippen molar-refractivity contribution in [3.63, 3.8) is 0 Å². The molecule has 0 aliphatic carbocycles. The number of carbonyl (C=O) groups excluding carboxylic acids is 2. The number of carbonyl (C=O) groups is 2. The molecule has 4 atom stereocenters. The highest BCUT2D eigenvalue weighted by Gasteiger charge is 2.54. The fourth-order valence-electron chi connectivity index (χ4n) is 5.20. The molecule has 14 heteroatoms. The SMILES string of the molecule is N#Cc1ccc(N2CCN(C(=O)CCOC[C@@H]3C[C@@H](N)CN3C3CNNC(=O)C3C(F)(F)F)CC2)nc1. The number of piperazine rings is 1. The third-order valence-corrected chi connectivity index (χ3v) is 7.06. The van der Waals surface area contributed by atoms with Crippen LogP contribution in [0.4, 0.5) is 19.0 Å². The summed E-state index contributed by atoms with van der Waals surface area (Å²) >= 11 is 0. The molecule has 0 saturated carbocycles. The number of hydrazine groups is 1. The van der Waals surface area contributed by atoms with Crippen molar-refractivity contribution >= 4 is 17.6 Å². The van der Waals surface area contributed by atoms with Crippen LogP contribution in [0.5, 0.6) is 0 Å². The van der Waals surface area contributed by atoms with Crippen LogP contribution in [0.1, 0.15) is 18.4 Å². The number of hydrogen-bond donors (Lipinski definition) is 3. The number of nitrogens with zero attached hydrogens (tertiary/aromatic N) is 5. The van der Waals surface area contributed by atoms with Gasteiger partial charge >= 0.3 is 6.18 Å². The van der Waals surface area contributed by atoms with Crippen LogP contribution in [0.2, 0.25) is 0 Å². The molecule has 0 spiro atoms. The molecule has 2 amide bonds. The van der Waals surface area contributed by atoms with E-state index in [2.05, 4.69) is 15.8 Å². The van der Waals surface area contributed by atoms with E-state index in [0.29, 0.717) is 38.2 Å². The van der Waals surface area contributed by atoms with Crippen molar-refractivity contribution in [3.05, 3.63) is 23.9 Å². The summed E-state index contributed by atoms with van der Waals surface area (Å²) in [5.41, 5.74) is 11.1. The summed E-state index contributed by atoms with van der Waals surface area (Å²) in [5.74, 6) is -2.56. The number of nitriles is 1. The Kier molecular flexibility index (Phi) is 8.48. The number of pyridine rings is 1. The second-order valence-electron chi connectivity index (χ2n) is 9.51. The maximum Gasteiger partial charge on any atom is 0.402 e. The van der Waals surface area contributed by atoms with E-state index in [9.17, 15) is 22.8 Å². The first-order chi connectivity index (χ1) is 17.7. The van der Waals surface area contributed by atoms with E-state index in [-0.39, 0.29) is 50.7 Å². The predicted octanol–water partition coefficient (Wildman–Crippen LogP) is -0.408. The number of anilines is 1. The van der Waals surface area contributed by atoms with Gasteiger partial charge in [-0.15, -0.1) is 0 Å². The van der Waals surface area contributed by atoms with Gasteiger partial charge in [-0.2, -0.15) is 18.4 Å². The molecule has 3 saturated heterocycles. The second kappa shape index (κ2) is 11.6. The number of halogens is 3. The molecular formula is C23H31F3N8O3. The first-order valence-corrected chi connectivity index (χ1v) is 12.2. The number of nitrogens with one attached hydrogen (secondary N) is 2. The van der Waals surface area contributed by atoms with Gasteiger partial charge in [-0.05, 0) is 18.6 Å². The van der Waals surface area contributed by atoms with Crippen LogP contribution in [0, 0.1) is 17.2 Å². The van der Waals surface area contributed by atoms with Gasteiger partial charge in [0.25, 0.3) is 0 Å². The van der Waals surface area contributed by atoms with E-state index in [1.807, 2.05) is 11.0 Å². The minimum absolute atomic E-state index is 0.0540. The third kappa shape index (κ3) is 6.48. The topological polar surface area (TPSA) is 140 Å². The zero-order chi connectivity index (χ0) is 26.6. The minimum Gasteiger partial charge on any atom is -0.379 e. The number of rotatable bonds is 7. The van der Waals surface area contributed by atoms with Gasteiger partial charge in [0.2, 0.25) is 11.8 Å². The Hall–Kier alpha value is -2.99. The van der Waals surface area contributed by atoms with Crippen LogP contribution in [0.25, 0.3) is 0 Å². The molecular weight excluding hydrogens is 493 g/mol. The van der Waals surface area contributed by atoms with E-state index in [0.717, 1.165) is 5.82 Å². The molecule has 0 aromatic carbocycles. The average Bonchev–Trinajstić information content (AvgIpc) is 3.26. The highest BCUT2D eigenvalue weighted by Crippen LogP contribution is 2.35. The van der Waals surface area contributed by atoms with Gasteiger partial charge in [-0.1, -0.05) is 0 Å². The van der Waals surface area contributed by atoms with Gasteiger partial charge in [0.1, 0.15) is 11.9 Å². The Balaban J connectivity index is 1.22. The number of alkyl halides is 3. The van der Waals surface area contributed by atoms with Gasteiger partial charge in [-0.25, -0.2) is 10.4 Å². The van der Waals surface area contributed by atoms with Crippen LogP contribution < -0.4 is 21.5 Å². The van der Waals surface area contributed by atoms with Gasteiger partial charge in [0.15, 0.2) is 5.92 Å². The Morgan fingerprint density at radius 1 is 1.27 bits per heavy atom. The van der Waals surface area contributed by atoms with E-state index in [4.69, 9.17) is 15.7 Å². The number of aromatic nitrogens is 1. The summed E-state index contributed by atoms with van der Waals surface area (Å²) in [6, 6.07) is 3.74. The maximum absolute atomic E-state index is 13.6. The van der Waals surface area contributed by atoms with Gasteiger partial charge in [-0.3, -0.25) is 19.9 Å². The number of nitrogens with two attached hydrogens (primary N) is 1. The van der Waals surface area contributed by atoms with Crippen molar-refractivity contribution in [2.24, 2.45) is 11.7 Å². The van der Waals surface area contributed by atoms with Crippen LogP contribution in [0.3, 0.4) is 0 Å². The number of amides is 2. The van der Waals surface area contributed by atoms with Crippen LogP contribution in [0.15, 0.2) is 18.3 Å². The second-order valence-corrected chi connectivity index (χ2v) is 9.51. The molecule has 3 fully saturated rings. The molecule has 4 heterocycles. The number of ether oxygens (including phenoxy) is 1. The van der Waals surface area contributed by atoms with Crippen molar-refractivity contribution in [2.45, 2.75) is 37.1 Å². The van der Waals surface area contributed by atoms with Gasteiger partial charge < -0.3 is 20.3 Å². The molecule has 0 bridgehead atoms. The fraction of sp³-hybridized carbons (Fsp3) is 0.652. The standard InChI is InChI=1S/C23H31F3N8O3/c24-23(25,26)21-18(12-30-31-22(21)36)34-13-16(28)9-17(34)14-37-8-3-20(35)33-6-4-32(5-7-33)19-2-1-15(10-27)11-29-19/h1-2,11,16-18,21,30H,3-9,12-14,28H2,(H,31,36)/t16-,17+,18?,21?/m1/s1. The summed E-state index contributed by atoms with van der Waals surface area (Å²) in [5, 5.41) is 8.89. The Labute approximate surface area is 212 Å². The summed E-state index contributed by atoms with van der Waals surface area (Å²) in [4.78, 5) is 34.3. The number of likely N-dealkylation sites (tertiary alicyclic amines) is 1. The zero-order valence-electron chi connectivity index (χ0n) is 20.3. The Morgan fingerprint density at radius 3 is 2.68 bits per heavy atom. The smallest absolute Gasteiger partial charge is 0.379 e. The van der Waals surface area contributed by atoms with Crippen molar-refractivity contribution in [3.8, 4) is 6.07 Å². The van der Waals surface area contributed by atoms with Crippen molar-refractivity contribution in [1.29, 1.82) is 5.26 Å². The van der Waals surface area contributed by atoms with Gasteiger partial charge in [0.05, 0.1) is 25.2 Å². The van der Waals surface area contributed by atoms with E-state index in [1.54, 1.807) is 21.9 Å². The van der Waals surface area contributed by atoms with Crippen molar-refractivity contribution in [2.75, 3.05) is 57.4 Å². The lowest BCUT2D eigenvalue weighted by atomic mass is 9.94. The largest absolute Gasteiger partial charge is 0.402 e. The molecule has 2 unspecified atom stereocenters. The molecule has 37 heavy (non-hydrogen) atoms. The van der Waals surface area contributed by atoms with Crippen molar-refractivity contribution < 1.29 is 27.5 Å². The first-order valence-electron chi connectivity index (χ1n) is 12.2. The van der Waals surface area contributed by atoms with E-state index < -0.39 is 24.0 Å². The highest BCUT2D eigenvalue weighted by atomic mass is 19.4. The van der Waals surface area contributed by atoms with E-state index in [1.165, 1.54) is 6.20 Å². The average molecular weight is 525 g/mol. The fourth-order valence-corrected chi connectivity index (χ4v) is 5.20. The van der Waals surface area contributed by atoms with Crippen LogP contribution >= 0.6 is 0 Å². The lowest BCUT2D eigenvalue weighted by Crippen LogP contribution is -2.65. The highest BCUT2D eigenvalue weighted by molar-refractivity contribution is 5.80. The Morgan fingerprint density at radius 2 is 2.03 bits per heavy atom. The molecule has 1 aromatic heterocycles. The normalized spacial score (nSPS) is 27.2. The lowest BCUT2D eigenvalue weighted by Gasteiger charge is -2.40. The van der Waals surface area contributed by atoms with Crippen molar-refractivity contribution in [1.82, 2.24) is 25.6 Å². The molecule has 4 N–H and O–H groups in total.